The molecule has 0 atom stereocenters. The van der Waals surface area contributed by atoms with Crippen LogP contribution >= 0.6 is 11.8 Å². The Kier molecular flexibility index (Phi) is 3.93. The molecule has 7 heteroatoms. The SMILES string of the molecule is Cn1ncc2c(SCC(=O)N3CCCc4ccccc43)ncnc21. The van der Waals surface area contributed by atoms with Gasteiger partial charge in [-0.2, -0.15) is 5.10 Å². The molecular formula is C17H17N5OS. The van der Waals surface area contributed by atoms with Crippen LogP contribution in [-0.4, -0.2) is 38.0 Å². The molecule has 0 saturated carbocycles. The number of para-hydroxylation sites is 1. The summed E-state index contributed by atoms with van der Waals surface area (Å²) < 4.78 is 1.71. The maximum Gasteiger partial charge on any atom is 0.237 e. The van der Waals surface area contributed by atoms with Crippen LogP contribution < -0.4 is 4.90 Å². The van der Waals surface area contributed by atoms with Crippen LogP contribution in [0.1, 0.15) is 12.0 Å². The molecule has 1 aliphatic rings. The summed E-state index contributed by atoms with van der Waals surface area (Å²) in [5.74, 6) is 0.470. The van der Waals surface area contributed by atoms with Crippen LogP contribution in [0.2, 0.25) is 0 Å². The Labute approximate surface area is 143 Å². The van der Waals surface area contributed by atoms with Crippen molar-refractivity contribution in [2.75, 3.05) is 17.2 Å². The number of aryl methyl sites for hydroxylation is 2. The first-order chi connectivity index (χ1) is 11.7. The Morgan fingerprint density at radius 3 is 3.08 bits per heavy atom. The van der Waals surface area contributed by atoms with E-state index in [9.17, 15) is 4.79 Å². The standard InChI is InChI=1S/C17H17N5OS/c1-21-16-13(9-20-21)17(19-11-18-16)24-10-15(23)22-8-4-6-12-5-2-3-7-14(12)22/h2-3,5,7,9,11H,4,6,8,10H2,1H3. The van der Waals surface area contributed by atoms with Gasteiger partial charge in [0.15, 0.2) is 5.65 Å². The van der Waals surface area contributed by atoms with Gasteiger partial charge in [-0.3, -0.25) is 9.48 Å². The summed E-state index contributed by atoms with van der Waals surface area (Å²) >= 11 is 1.44. The number of amides is 1. The molecule has 3 aromatic rings. The van der Waals surface area contributed by atoms with Gasteiger partial charge in [0, 0.05) is 19.3 Å². The quantitative estimate of drug-likeness (QED) is 0.542. The molecule has 122 valence electrons. The van der Waals surface area contributed by atoms with Gasteiger partial charge >= 0.3 is 0 Å². The molecule has 0 fully saturated rings. The van der Waals surface area contributed by atoms with Crippen molar-refractivity contribution < 1.29 is 4.79 Å². The number of fused-ring (bicyclic) bond motifs is 2. The van der Waals surface area contributed by atoms with Crippen molar-refractivity contribution in [2.45, 2.75) is 17.9 Å². The molecule has 6 nitrogen and oxygen atoms in total. The monoisotopic (exact) mass is 339 g/mol. The number of aromatic nitrogens is 4. The van der Waals surface area contributed by atoms with E-state index in [0.717, 1.165) is 41.1 Å². The van der Waals surface area contributed by atoms with E-state index >= 15 is 0 Å². The lowest BCUT2D eigenvalue weighted by Crippen LogP contribution is -2.36. The zero-order valence-corrected chi connectivity index (χ0v) is 14.2. The van der Waals surface area contributed by atoms with E-state index in [-0.39, 0.29) is 5.91 Å². The summed E-state index contributed by atoms with van der Waals surface area (Å²) in [5, 5.41) is 5.89. The Morgan fingerprint density at radius 1 is 1.29 bits per heavy atom. The molecule has 4 rings (SSSR count). The molecule has 1 aromatic carbocycles. The van der Waals surface area contributed by atoms with Gasteiger partial charge in [-0.25, -0.2) is 9.97 Å². The highest BCUT2D eigenvalue weighted by Crippen LogP contribution is 2.29. The highest BCUT2D eigenvalue weighted by Gasteiger charge is 2.22. The molecule has 3 heterocycles. The van der Waals surface area contributed by atoms with Crippen LogP contribution in [0.4, 0.5) is 5.69 Å². The zero-order chi connectivity index (χ0) is 16.5. The fourth-order valence-corrected chi connectivity index (χ4v) is 3.89. The molecule has 0 saturated heterocycles. The van der Waals surface area contributed by atoms with Gasteiger partial charge in [-0.1, -0.05) is 30.0 Å². The third kappa shape index (κ3) is 2.65. The summed E-state index contributed by atoms with van der Waals surface area (Å²) in [6, 6.07) is 8.15. The van der Waals surface area contributed by atoms with Crippen molar-refractivity contribution in [3.8, 4) is 0 Å². The topological polar surface area (TPSA) is 63.9 Å². The number of benzene rings is 1. The maximum atomic E-state index is 12.7. The van der Waals surface area contributed by atoms with Crippen LogP contribution in [0, 0.1) is 0 Å². The van der Waals surface area contributed by atoms with Crippen molar-refractivity contribution in [1.29, 1.82) is 0 Å². The van der Waals surface area contributed by atoms with Gasteiger partial charge in [-0.05, 0) is 24.5 Å². The molecular weight excluding hydrogens is 322 g/mol. The maximum absolute atomic E-state index is 12.7. The van der Waals surface area contributed by atoms with E-state index in [2.05, 4.69) is 21.1 Å². The second-order valence-electron chi connectivity index (χ2n) is 5.75. The number of rotatable bonds is 3. The van der Waals surface area contributed by atoms with Crippen molar-refractivity contribution >= 4 is 34.4 Å². The molecule has 0 aliphatic carbocycles. The highest BCUT2D eigenvalue weighted by molar-refractivity contribution is 8.00. The van der Waals surface area contributed by atoms with Crippen LogP contribution in [0.25, 0.3) is 11.0 Å². The summed E-state index contributed by atoms with van der Waals surface area (Å²) in [7, 11) is 1.85. The first-order valence-corrected chi connectivity index (χ1v) is 8.86. The smallest absolute Gasteiger partial charge is 0.237 e. The fourth-order valence-electron chi connectivity index (χ4n) is 3.06. The van der Waals surface area contributed by atoms with Gasteiger partial charge in [0.2, 0.25) is 5.91 Å². The van der Waals surface area contributed by atoms with Crippen LogP contribution in [-0.2, 0) is 18.3 Å². The summed E-state index contributed by atoms with van der Waals surface area (Å²) in [5.41, 5.74) is 3.07. The van der Waals surface area contributed by atoms with Gasteiger partial charge < -0.3 is 4.90 Å². The second-order valence-corrected chi connectivity index (χ2v) is 6.71. The lowest BCUT2D eigenvalue weighted by molar-refractivity contribution is -0.116. The third-order valence-electron chi connectivity index (χ3n) is 4.24. The number of carbonyl (C=O) groups excluding carboxylic acids is 1. The average Bonchev–Trinajstić information content (AvgIpc) is 3.01. The molecule has 0 N–H and O–H groups in total. The number of anilines is 1. The lowest BCUT2D eigenvalue weighted by Gasteiger charge is -2.29. The Balaban J connectivity index is 1.53. The van der Waals surface area contributed by atoms with Crippen LogP contribution in [0.15, 0.2) is 41.8 Å². The van der Waals surface area contributed by atoms with Crippen molar-refractivity contribution in [2.24, 2.45) is 7.05 Å². The first-order valence-electron chi connectivity index (χ1n) is 7.88. The fraction of sp³-hybridized carbons (Fsp3) is 0.294. The zero-order valence-electron chi connectivity index (χ0n) is 13.3. The third-order valence-corrected chi connectivity index (χ3v) is 5.23. The van der Waals surface area contributed by atoms with Gasteiger partial charge in [0.1, 0.15) is 11.4 Å². The molecule has 1 amide bonds. The Hall–Kier alpha value is -2.41. The summed E-state index contributed by atoms with van der Waals surface area (Å²) in [6.45, 7) is 0.780. The van der Waals surface area contributed by atoms with E-state index in [1.807, 2.05) is 30.1 Å². The van der Waals surface area contributed by atoms with Crippen molar-refractivity contribution in [3.05, 3.63) is 42.4 Å². The number of thioether (sulfide) groups is 1. The van der Waals surface area contributed by atoms with Crippen molar-refractivity contribution in [3.63, 3.8) is 0 Å². The van der Waals surface area contributed by atoms with Crippen molar-refractivity contribution in [1.82, 2.24) is 19.7 Å². The largest absolute Gasteiger partial charge is 0.311 e. The lowest BCUT2D eigenvalue weighted by atomic mass is 10.0. The number of hydrogen-bond donors (Lipinski definition) is 0. The van der Waals surface area contributed by atoms with Crippen LogP contribution in [0.5, 0.6) is 0 Å². The van der Waals surface area contributed by atoms with E-state index in [1.165, 1.54) is 23.7 Å². The Morgan fingerprint density at radius 2 is 2.17 bits per heavy atom. The normalized spacial score (nSPS) is 14.0. The number of carbonyl (C=O) groups is 1. The minimum Gasteiger partial charge on any atom is -0.311 e. The predicted molar refractivity (Wildman–Crippen MR) is 94.1 cm³/mol. The second kappa shape index (κ2) is 6.24. The summed E-state index contributed by atoms with van der Waals surface area (Å²) in [4.78, 5) is 23.2. The predicted octanol–water partition coefficient (Wildman–Crippen LogP) is 2.43. The molecule has 1 aliphatic heterocycles. The number of nitrogens with zero attached hydrogens (tertiary/aromatic N) is 5. The van der Waals surface area contributed by atoms with Gasteiger partial charge in [0.05, 0.1) is 17.3 Å². The van der Waals surface area contributed by atoms with Crippen LogP contribution in [0.3, 0.4) is 0 Å². The first kappa shape index (κ1) is 15.1. The number of hydrogen-bond acceptors (Lipinski definition) is 5. The van der Waals surface area contributed by atoms with E-state index in [0.29, 0.717) is 5.75 Å². The molecule has 0 unspecified atom stereocenters. The molecule has 0 radical (unpaired) electrons. The van der Waals surface area contributed by atoms with Gasteiger partial charge in [-0.15, -0.1) is 0 Å². The molecule has 0 spiro atoms. The van der Waals surface area contributed by atoms with E-state index in [1.54, 1.807) is 10.9 Å². The molecule has 0 bridgehead atoms. The van der Waals surface area contributed by atoms with Gasteiger partial charge in [0.25, 0.3) is 0 Å². The average molecular weight is 339 g/mol. The Bertz CT molecular complexity index is 907. The minimum absolute atomic E-state index is 0.114. The minimum atomic E-state index is 0.114. The highest BCUT2D eigenvalue weighted by atomic mass is 32.2. The summed E-state index contributed by atoms with van der Waals surface area (Å²) in [6.07, 6.45) is 5.31. The molecule has 2 aromatic heterocycles. The molecule has 24 heavy (non-hydrogen) atoms. The van der Waals surface area contributed by atoms with E-state index in [4.69, 9.17) is 0 Å². The van der Waals surface area contributed by atoms with E-state index < -0.39 is 0 Å².